The number of aryl methyl sites for hydroxylation is 2. The van der Waals surface area contributed by atoms with E-state index in [1.165, 1.54) is 16.3 Å². The zero-order valence-corrected chi connectivity index (χ0v) is 16.4. The Hall–Kier alpha value is -3.29. The molecule has 28 heavy (non-hydrogen) atoms. The molecule has 146 valence electrons. The minimum Gasteiger partial charge on any atom is -0.345 e. The van der Waals surface area contributed by atoms with Gasteiger partial charge in [0, 0.05) is 17.7 Å². The van der Waals surface area contributed by atoms with E-state index in [1.807, 2.05) is 45.9 Å². The summed E-state index contributed by atoms with van der Waals surface area (Å²) in [7, 11) is 0. The van der Waals surface area contributed by atoms with Crippen LogP contribution in [0.5, 0.6) is 0 Å². The molecule has 0 aliphatic carbocycles. The van der Waals surface area contributed by atoms with E-state index in [1.54, 1.807) is 6.07 Å². The summed E-state index contributed by atoms with van der Waals surface area (Å²) in [4.78, 5) is 28.3. The molecule has 8 nitrogen and oxygen atoms in total. The third-order valence-electron chi connectivity index (χ3n) is 4.61. The molecule has 2 aromatic heterocycles. The normalized spacial score (nSPS) is 12.0. The molecule has 1 atom stereocenters. The van der Waals surface area contributed by atoms with Crippen LogP contribution in [0, 0.1) is 13.8 Å². The molecule has 3 rings (SSSR count). The first kappa shape index (κ1) is 19.5. The van der Waals surface area contributed by atoms with Crippen molar-refractivity contribution in [2.24, 2.45) is 0 Å². The third kappa shape index (κ3) is 4.33. The van der Waals surface area contributed by atoms with Crippen LogP contribution in [0.25, 0.3) is 11.3 Å². The maximum atomic E-state index is 12.2. The van der Waals surface area contributed by atoms with Crippen molar-refractivity contribution in [1.29, 1.82) is 0 Å². The fourth-order valence-electron chi connectivity index (χ4n) is 2.55. The van der Waals surface area contributed by atoms with Crippen molar-refractivity contribution in [1.82, 2.24) is 25.2 Å². The summed E-state index contributed by atoms with van der Waals surface area (Å²) in [5.74, 6) is -0.355. The molecular formula is C20H23N5O3. The van der Waals surface area contributed by atoms with E-state index in [2.05, 4.69) is 20.6 Å². The molecule has 0 aliphatic rings. The van der Waals surface area contributed by atoms with Gasteiger partial charge in [-0.15, -0.1) is 0 Å². The molecule has 1 amide bonds. The van der Waals surface area contributed by atoms with Crippen molar-refractivity contribution in [3.8, 4) is 11.3 Å². The maximum Gasteiger partial charge on any atom is 0.316 e. The van der Waals surface area contributed by atoms with Crippen molar-refractivity contribution in [3.63, 3.8) is 0 Å². The zero-order chi connectivity index (χ0) is 20.3. The topological polar surface area (TPSA) is 103 Å². The van der Waals surface area contributed by atoms with Crippen LogP contribution in [-0.2, 0) is 6.54 Å². The van der Waals surface area contributed by atoms with Crippen molar-refractivity contribution in [2.45, 2.75) is 46.7 Å². The highest BCUT2D eigenvalue weighted by Gasteiger charge is 2.17. The Morgan fingerprint density at radius 1 is 1.21 bits per heavy atom. The summed E-state index contributed by atoms with van der Waals surface area (Å²) < 4.78 is 6.27. The minimum atomic E-state index is -0.433. The van der Waals surface area contributed by atoms with Crippen LogP contribution in [0.4, 0.5) is 0 Å². The van der Waals surface area contributed by atoms with Crippen molar-refractivity contribution in [3.05, 3.63) is 63.5 Å². The molecule has 0 bridgehead atoms. The Labute approximate surface area is 162 Å². The van der Waals surface area contributed by atoms with E-state index in [-0.39, 0.29) is 29.9 Å². The highest BCUT2D eigenvalue weighted by Crippen LogP contribution is 2.19. The van der Waals surface area contributed by atoms with Gasteiger partial charge in [0.05, 0.1) is 5.69 Å². The zero-order valence-electron chi connectivity index (χ0n) is 16.4. The van der Waals surface area contributed by atoms with E-state index in [0.717, 1.165) is 17.5 Å². The first-order valence-electron chi connectivity index (χ1n) is 9.16. The van der Waals surface area contributed by atoms with Gasteiger partial charge in [-0.25, -0.2) is 4.68 Å². The van der Waals surface area contributed by atoms with Gasteiger partial charge in [-0.3, -0.25) is 9.59 Å². The van der Waals surface area contributed by atoms with Gasteiger partial charge in [-0.05, 0) is 50.5 Å². The molecule has 1 aromatic carbocycles. The SMILES string of the molecule is CC[C@@H](C)NC(=O)c1nc(Cn2nc(-c3ccc(C)c(C)c3)ccc2=O)no1. The largest absolute Gasteiger partial charge is 0.345 e. The standard InChI is InChI=1S/C20H23N5O3/c1-5-14(4)21-19(27)20-22-17(24-28-20)11-25-18(26)9-8-16(23-25)15-7-6-12(2)13(3)10-15/h6-10,14H,5,11H2,1-4H3,(H,21,27)/t14-/m1/s1. The van der Waals surface area contributed by atoms with Crippen LogP contribution >= 0.6 is 0 Å². The monoisotopic (exact) mass is 381 g/mol. The summed E-state index contributed by atoms with van der Waals surface area (Å²) in [5, 5.41) is 11.0. The molecule has 0 fully saturated rings. The van der Waals surface area contributed by atoms with Crippen molar-refractivity contribution >= 4 is 5.91 Å². The summed E-state index contributed by atoms with van der Waals surface area (Å²) in [6, 6.07) is 9.15. The van der Waals surface area contributed by atoms with Crippen LogP contribution in [0.15, 0.2) is 39.6 Å². The predicted molar refractivity (Wildman–Crippen MR) is 104 cm³/mol. The lowest BCUT2D eigenvalue weighted by Crippen LogP contribution is -2.32. The molecule has 8 heteroatoms. The highest BCUT2D eigenvalue weighted by atomic mass is 16.5. The van der Waals surface area contributed by atoms with Gasteiger partial charge in [0.1, 0.15) is 6.54 Å². The Bertz CT molecular complexity index is 1050. The molecule has 0 saturated carbocycles. The molecule has 0 saturated heterocycles. The molecule has 2 heterocycles. The molecule has 0 spiro atoms. The predicted octanol–water partition coefficient (Wildman–Crippen LogP) is 2.49. The second-order valence-corrected chi connectivity index (χ2v) is 6.81. The highest BCUT2D eigenvalue weighted by molar-refractivity contribution is 5.89. The lowest BCUT2D eigenvalue weighted by Gasteiger charge is -2.08. The van der Waals surface area contributed by atoms with Crippen molar-refractivity contribution in [2.75, 3.05) is 0 Å². The number of hydrogen-bond donors (Lipinski definition) is 1. The summed E-state index contributed by atoms with van der Waals surface area (Å²) in [6.07, 6.45) is 0.789. The first-order valence-corrected chi connectivity index (χ1v) is 9.16. The van der Waals surface area contributed by atoms with Crippen LogP contribution in [-0.4, -0.2) is 31.9 Å². The number of hydrogen-bond acceptors (Lipinski definition) is 6. The van der Waals surface area contributed by atoms with Crippen LogP contribution in [0.2, 0.25) is 0 Å². The number of amides is 1. The van der Waals surface area contributed by atoms with E-state index in [0.29, 0.717) is 5.69 Å². The molecule has 0 unspecified atom stereocenters. The Morgan fingerprint density at radius 2 is 2.00 bits per heavy atom. The van der Waals surface area contributed by atoms with Gasteiger partial charge < -0.3 is 9.84 Å². The molecule has 1 N–H and O–H groups in total. The average Bonchev–Trinajstić information content (AvgIpc) is 3.14. The fourth-order valence-corrected chi connectivity index (χ4v) is 2.55. The Balaban J connectivity index is 1.82. The Morgan fingerprint density at radius 3 is 2.71 bits per heavy atom. The lowest BCUT2D eigenvalue weighted by atomic mass is 10.0. The van der Waals surface area contributed by atoms with Crippen LogP contribution in [0.1, 0.15) is 47.9 Å². The Kier molecular flexibility index (Phi) is 5.67. The van der Waals surface area contributed by atoms with Gasteiger partial charge in [0.2, 0.25) is 0 Å². The van der Waals surface area contributed by atoms with Gasteiger partial charge in [-0.2, -0.15) is 10.1 Å². The van der Waals surface area contributed by atoms with Crippen LogP contribution < -0.4 is 10.9 Å². The fraction of sp³-hybridized carbons (Fsp3) is 0.350. The number of nitrogens with zero attached hydrogens (tertiary/aromatic N) is 4. The number of rotatable bonds is 6. The summed E-state index contributed by atoms with van der Waals surface area (Å²) >= 11 is 0. The van der Waals surface area contributed by atoms with E-state index in [4.69, 9.17) is 4.52 Å². The average molecular weight is 381 g/mol. The lowest BCUT2D eigenvalue weighted by molar-refractivity contribution is 0.0895. The first-order chi connectivity index (χ1) is 13.4. The molecule has 0 aliphatic heterocycles. The van der Waals surface area contributed by atoms with Gasteiger partial charge >= 0.3 is 11.8 Å². The number of carbonyl (C=O) groups is 1. The van der Waals surface area contributed by atoms with Crippen LogP contribution in [0.3, 0.4) is 0 Å². The van der Waals surface area contributed by atoms with Crippen molar-refractivity contribution < 1.29 is 9.32 Å². The number of carbonyl (C=O) groups excluding carboxylic acids is 1. The minimum absolute atomic E-state index is 0.00165. The third-order valence-corrected chi connectivity index (χ3v) is 4.61. The van der Waals surface area contributed by atoms with Gasteiger partial charge in [-0.1, -0.05) is 24.2 Å². The van der Waals surface area contributed by atoms with E-state index < -0.39 is 5.91 Å². The smallest absolute Gasteiger partial charge is 0.316 e. The number of aromatic nitrogens is 4. The summed E-state index contributed by atoms with van der Waals surface area (Å²) in [6.45, 7) is 7.93. The molecule has 0 radical (unpaired) electrons. The second-order valence-electron chi connectivity index (χ2n) is 6.81. The quantitative estimate of drug-likeness (QED) is 0.704. The van der Waals surface area contributed by atoms with E-state index in [9.17, 15) is 9.59 Å². The van der Waals surface area contributed by atoms with Gasteiger partial charge in [0.25, 0.3) is 5.56 Å². The molecular weight excluding hydrogens is 358 g/mol. The number of nitrogens with one attached hydrogen (secondary N) is 1. The van der Waals surface area contributed by atoms with Gasteiger partial charge in [0.15, 0.2) is 5.82 Å². The number of benzene rings is 1. The maximum absolute atomic E-state index is 12.2. The van der Waals surface area contributed by atoms with E-state index >= 15 is 0 Å². The summed E-state index contributed by atoms with van der Waals surface area (Å²) in [5.41, 5.74) is 3.63. The molecule has 3 aromatic rings. The second kappa shape index (κ2) is 8.16.